The molecule has 2 heterocycles. The van der Waals surface area contributed by atoms with E-state index in [-0.39, 0.29) is 11.4 Å². The maximum atomic E-state index is 12.1. The van der Waals surface area contributed by atoms with Crippen LogP contribution in [0.1, 0.15) is 10.5 Å². The molecule has 0 saturated heterocycles. The summed E-state index contributed by atoms with van der Waals surface area (Å²) >= 11 is 0. The molecule has 0 saturated carbocycles. The summed E-state index contributed by atoms with van der Waals surface area (Å²) < 4.78 is 10.0. The third-order valence-corrected chi connectivity index (χ3v) is 4.34. The number of carbonyl (C=O) groups excluding carboxylic acids is 1. The molecule has 26 heavy (non-hydrogen) atoms. The number of hydrogen-bond acceptors (Lipinski definition) is 5. The Morgan fingerprint density at radius 1 is 1.08 bits per heavy atom. The lowest BCUT2D eigenvalue weighted by molar-refractivity contribution is 0.0594. The highest BCUT2D eigenvalue weighted by Crippen LogP contribution is 2.36. The zero-order chi connectivity index (χ0) is 18.3. The van der Waals surface area contributed by atoms with Crippen LogP contribution in [0.25, 0.3) is 33.1 Å². The van der Waals surface area contributed by atoms with E-state index in [1.807, 2.05) is 24.3 Å². The SMILES string of the molecule is COC(=O)c1cc2c([nH]c3ccccc32)c(-c2ccc(O)c(OC)c2)n1. The highest BCUT2D eigenvalue weighted by atomic mass is 16.5. The summed E-state index contributed by atoms with van der Waals surface area (Å²) in [6.45, 7) is 0. The van der Waals surface area contributed by atoms with Crippen LogP contribution in [0, 0.1) is 0 Å². The highest BCUT2D eigenvalue weighted by Gasteiger charge is 2.18. The number of aromatic hydroxyl groups is 1. The van der Waals surface area contributed by atoms with Crippen molar-refractivity contribution in [2.75, 3.05) is 14.2 Å². The number of esters is 1. The number of methoxy groups -OCH3 is 2. The minimum Gasteiger partial charge on any atom is -0.504 e. The predicted octanol–water partition coefficient (Wildman–Crippen LogP) is 3.88. The summed E-state index contributed by atoms with van der Waals surface area (Å²) in [6.07, 6.45) is 0. The van der Waals surface area contributed by atoms with Crippen LogP contribution < -0.4 is 4.74 Å². The van der Waals surface area contributed by atoms with Gasteiger partial charge in [0.05, 0.1) is 25.4 Å². The molecular weight excluding hydrogens is 332 g/mol. The molecule has 4 aromatic rings. The van der Waals surface area contributed by atoms with E-state index < -0.39 is 5.97 Å². The van der Waals surface area contributed by atoms with Gasteiger partial charge in [-0.3, -0.25) is 0 Å². The quantitative estimate of drug-likeness (QED) is 0.549. The molecule has 2 aromatic heterocycles. The van der Waals surface area contributed by atoms with E-state index in [9.17, 15) is 9.90 Å². The molecular formula is C20H16N2O4. The van der Waals surface area contributed by atoms with E-state index in [2.05, 4.69) is 9.97 Å². The summed E-state index contributed by atoms with van der Waals surface area (Å²) in [5.74, 6) is -0.144. The van der Waals surface area contributed by atoms with Crippen LogP contribution in [0.2, 0.25) is 0 Å². The fourth-order valence-electron chi connectivity index (χ4n) is 3.09. The Morgan fingerprint density at radius 2 is 1.88 bits per heavy atom. The average Bonchev–Trinajstić information content (AvgIpc) is 3.05. The second-order valence-corrected chi connectivity index (χ2v) is 5.83. The Morgan fingerprint density at radius 3 is 2.65 bits per heavy atom. The van der Waals surface area contributed by atoms with Crippen molar-refractivity contribution in [1.29, 1.82) is 0 Å². The first-order valence-corrected chi connectivity index (χ1v) is 7.99. The summed E-state index contributed by atoms with van der Waals surface area (Å²) in [7, 11) is 2.81. The first kappa shape index (κ1) is 16.0. The Labute approximate surface area is 149 Å². The van der Waals surface area contributed by atoms with Crippen LogP contribution in [0.3, 0.4) is 0 Å². The van der Waals surface area contributed by atoms with Gasteiger partial charge in [-0.2, -0.15) is 0 Å². The first-order chi connectivity index (χ1) is 12.6. The molecule has 0 radical (unpaired) electrons. The number of para-hydroxylation sites is 1. The molecule has 4 rings (SSSR count). The van der Waals surface area contributed by atoms with Crippen molar-refractivity contribution in [1.82, 2.24) is 9.97 Å². The van der Waals surface area contributed by atoms with E-state index in [0.29, 0.717) is 17.0 Å². The minimum atomic E-state index is -0.510. The molecule has 6 nitrogen and oxygen atoms in total. The second kappa shape index (κ2) is 6.07. The standard InChI is InChI=1S/C20H16N2O4/c1-25-17-9-11(7-8-16(17)23)18-19-13(10-15(22-18)20(24)26-2)12-5-3-4-6-14(12)21-19/h3-10,21,23H,1-2H3. The van der Waals surface area contributed by atoms with Crippen LogP contribution in [-0.4, -0.2) is 35.3 Å². The van der Waals surface area contributed by atoms with Gasteiger partial charge in [-0.25, -0.2) is 9.78 Å². The van der Waals surface area contributed by atoms with Gasteiger partial charge in [0.1, 0.15) is 5.69 Å². The summed E-state index contributed by atoms with van der Waals surface area (Å²) in [5, 5.41) is 11.7. The summed E-state index contributed by atoms with van der Waals surface area (Å²) in [6, 6.07) is 14.5. The summed E-state index contributed by atoms with van der Waals surface area (Å²) in [4.78, 5) is 20.0. The third kappa shape index (κ3) is 2.43. The summed E-state index contributed by atoms with van der Waals surface area (Å²) in [5.41, 5.74) is 3.25. The number of phenolic OH excluding ortho intramolecular Hbond substituents is 1. The molecule has 0 amide bonds. The van der Waals surface area contributed by atoms with Gasteiger partial charge in [-0.15, -0.1) is 0 Å². The Hall–Kier alpha value is -3.54. The molecule has 0 unspecified atom stereocenters. The van der Waals surface area contributed by atoms with Crippen LogP contribution in [0.15, 0.2) is 48.5 Å². The molecule has 6 heteroatoms. The predicted molar refractivity (Wildman–Crippen MR) is 98.6 cm³/mol. The van der Waals surface area contributed by atoms with Gasteiger partial charge in [0.2, 0.25) is 0 Å². The molecule has 0 fully saturated rings. The van der Waals surface area contributed by atoms with Crippen molar-refractivity contribution >= 4 is 27.8 Å². The second-order valence-electron chi connectivity index (χ2n) is 5.83. The molecule has 0 aliphatic rings. The number of rotatable bonds is 3. The maximum absolute atomic E-state index is 12.1. The monoisotopic (exact) mass is 348 g/mol. The number of carbonyl (C=O) groups is 1. The van der Waals surface area contributed by atoms with Crippen LogP contribution in [0.4, 0.5) is 0 Å². The number of nitrogens with zero attached hydrogens (tertiary/aromatic N) is 1. The lowest BCUT2D eigenvalue weighted by Gasteiger charge is -2.09. The van der Waals surface area contributed by atoms with Crippen molar-refractivity contribution in [2.24, 2.45) is 0 Å². The number of ether oxygens (including phenoxy) is 2. The number of H-pyrrole nitrogens is 1. The van der Waals surface area contributed by atoms with Gasteiger partial charge in [0.15, 0.2) is 11.5 Å². The van der Waals surface area contributed by atoms with Gasteiger partial charge in [-0.05, 0) is 30.3 Å². The maximum Gasteiger partial charge on any atom is 0.356 e. The molecule has 0 atom stereocenters. The Kier molecular flexibility index (Phi) is 3.73. The zero-order valence-electron chi connectivity index (χ0n) is 14.2. The molecule has 0 spiro atoms. The Balaban J connectivity index is 2.08. The largest absolute Gasteiger partial charge is 0.504 e. The lowest BCUT2D eigenvalue weighted by Crippen LogP contribution is -2.05. The van der Waals surface area contributed by atoms with E-state index in [0.717, 1.165) is 21.8 Å². The molecule has 0 aliphatic carbocycles. The molecule has 2 N–H and O–H groups in total. The zero-order valence-corrected chi connectivity index (χ0v) is 14.2. The van der Waals surface area contributed by atoms with Crippen LogP contribution in [-0.2, 0) is 4.74 Å². The fraction of sp³-hybridized carbons (Fsp3) is 0.100. The van der Waals surface area contributed by atoms with Gasteiger partial charge < -0.3 is 19.6 Å². The average molecular weight is 348 g/mol. The molecule has 0 bridgehead atoms. The highest BCUT2D eigenvalue weighted by molar-refractivity contribution is 6.12. The van der Waals surface area contributed by atoms with E-state index in [4.69, 9.17) is 9.47 Å². The molecule has 0 aliphatic heterocycles. The van der Waals surface area contributed by atoms with Gasteiger partial charge in [0, 0.05) is 21.9 Å². The smallest absolute Gasteiger partial charge is 0.356 e. The number of pyridine rings is 1. The van der Waals surface area contributed by atoms with Crippen molar-refractivity contribution in [3.05, 3.63) is 54.2 Å². The minimum absolute atomic E-state index is 0.0354. The van der Waals surface area contributed by atoms with Crippen molar-refractivity contribution < 1.29 is 19.4 Å². The van der Waals surface area contributed by atoms with Gasteiger partial charge >= 0.3 is 5.97 Å². The number of phenols is 1. The van der Waals surface area contributed by atoms with Crippen molar-refractivity contribution in [3.63, 3.8) is 0 Å². The molecule has 2 aromatic carbocycles. The number of aromatic amines is 1. The Bertz CT molecular complexity index is 1150. The first-order valence-electron chi connectivity index (χ1n) is 7.99. The third-order valence-electron chi connectivity index (χ3n) is 4.34. The topological polar surface area (TPSA) is 84.4 Å². The number of fused-ring (bicyclic) bond motifs is 3. The number of nitrogens with one attached hydrogen (secondary N) is 1. The normalized spacial score (nSPS) is 11.0. The van der Waals surface area contributed by atoms with E-state index in [1.54, 1.807) is 18.2 Å². The fourth-order valence-corrected chi connectivity index (χ4v) is 3.09. The lowest BCUT2D eigenvalue weighted by atomic mass is 10.1. The van der Waals surface area contributed by atoms with Gasteiger partial charge in [-0.1, -0.05) is 18.2 Å². The van der Waals surface area contributed by atoms with Gasteiger partial charge in [0.25, 0.3) is 0 Å². The number of benzene rings is 2. The number of aromatic nitrogens is 2. The number of hydrogen-bond donors (Lipinski definition) is 2. The van der Waals surface area contributed by atoms with Crippen molar-refractivity contribution in [2.45, 2.75) is 0 Å². The van der Waals surface area contributed by atoms with E-state index >= 15 is 0 Å². The van der Waals surface area contributed by atoms with E-state index in [1.165, 1.54) is 20.3 Å². The van der Waals surface area contributed by atoms with Crippen LogP contribution >= 0.6 is 0 Å². The van der Waals surface area contributed by atoms with Crippen LogP contribution in [0.5, 0.6) is 11.5 Å². The molecule has 130 valence electrons. The van der Waals surface area contributed by atoms with Crippen molar-refractivity contribution in [3.8, 4) is 22.8 Å².